The molecule has 15 heavy (non-hydrogen) atoms. The number of hydrogen-bond donors (Lipinski definition) is 2. The van der Waals surface area contributed by atoms with Gasteiger partial charge in [-0.15, -0.1) is 0 Å². The molecule has 0 aliphatic carbocycles. The second kappa shape index (κ2) is 16.4. The monoisotopic (exact) mass is 218 g/mol. The van der Waals surface area contributed by atoms with Crippen LogP contribution >= 0.6 is 0 Å². The van der Waals surface area contributed by atoms with Gasteiger partial charge in [0.15, 0.2) is 0 Å². The molecule has 0 aromatic carbocycles. The molecule has 0 aromatic heterocycles. The van der Waals surface area contributed by atoms with E-state index in [9.17, 15) is 0 Å². The minimum Gasteiger partial charge on any atom is -0.397 e. The summed E-state index contributed by atoms with van der Waals surface area (Å²) in [5.41, 5.74) is 0. The maximum absolute atomic E-state index is 8.55. The first-order chi connectivity index (χ1) is 7.22. The zero-order valence-corrected chi connectivity index (χ0v) is 10.8. The van der Waals surface area contributed by atoms with Gasteiger partial charge in [-0.3, -0.25) is 0 Å². The highest BCUT2D eigenvalue weighted by molar-refractivity contribution is 4.51. The van der Waals surface area contributed by atoms with E-state index < -0.39 is 0 Å². The minimum absolute atomic E-state index is 0.250. The van der Waals surface area contributed by atoms with Crippen molar-refractivity contribution in [2.75, 3.05) is 13.2 Å². The normalized spacial score (nSPS) is 11.8. The van der Waals surface area contributed by atoms with Gasteiger partial charge in [0.05, 0.1) is 0 Å². The molecule has 0 saturated heterocycles. The lowest BCUT2D eigenvalue weighted by Gasteiger charge is -2.06. The summed E-state index contributed by atoms with van der Waals surface area (Å²) in [6.45, 7) is 6.88. The Bertz CT molecular complexity index is 94.5. The highest BCUT2D eigenvalue weighted by Crippen LogP contribution is 2.13. The number of aliphatic hydroxyl groups excluding tert-OH is 2. The van der Waals surface area contributed by atoms with Gasteiger partial charge >= 0.3 is 0 Å². The van der Waals surface area contributed by atoms with Gasteiger partial charge in [-0.1, -0.05) is 52.4 Å². The predicted octanol–water partition coefficient (Wildman–Crippen LogP) is 3.36. The standard InChI is InChI=1S/C11H24O.C2H6O/c1-3-11(2)9-7-5-4-6-8-10-12;1-2-3/h11-12H,3-10H2,1-2H3;3H,2H2,1H3. The van der Waals surface area contributed by atoms with Gasteiger partial charge in [-0.05, 0) is 19.3 Å². The molecule has 0 aliphatic rings. The first-order valence-electron chi connectivity index (χ1n) is 6.44. The molecule has 2 nitrogen and oxygen atoms in total. The first-order valence-corrected chi connectivity index (χ1v) is 6.44. The van der Waals surface area contributed by atoms with Crippen molar-refractivity contribution >= 4 is 0 Å². The quantitative estimate of drug-likeness (QED) is 0.613. The summed E-state index contributed by atoms with van der Waals surface area (Å²) >= 11 is 0. The Morgan fingerprint density at radius 1 is 0.867 bits per heavy atom. The van der Waals surface area contributed by atoms with Gasteiger partial charge in [-0.25, -0.2) is 0 Å². The van der Waals surface area contributed by atoms with Gasteiger partial charge in [0.1, 0.15) is 0 Å². The molecule has 2 N–H and O–H groups in total. The van der Waals surface area contributed by atoms with Crippen molar-refractivity contribution in [3.63, 3.8) is 0 Å². The van der Waals surface area contributed by atoms with Crippen LogP contribution in [0, 0.1) is 5.92 Å². The molecule has 0 radical (unpaired) electrons. The average Bonchev–Trinajstić information content (AvgIpc) is 2.24. The molecule has 0 heterocycles. The third-order valence-electron chi connectivity index (χ3n) is 2.55. The average molecular weight is 218 g/mol. The first kappa shape index (κ1) is 17.3. The smallest absolute Gasteiger partial charge is 0.0431 e. The van der Waals surface area contributed by atoms with Crippen LogP contribution in [-0.4, -0.2) is 23.4 Å². The molecule has 0 saturated carbocycles. The van der Waals surface area contributed by atoms with Crippen LogP contribution in [0.5, 0.6) is 0 Å². The van der Waals surface area contributed by atoms with Crippen LogP contribution in [0.1, 0.15) is 65.7 Å². The van der Waals surface area contributed by atoms with Crippen LogP contribution < -0.4 is 0 Å². The van der Waals surface area contributed by atoms with Gasteiger partial charge in [-0.2, -0.15) is 0 Å². The third kappa shape index (κ3) is 20.1. The lowest BCUT2D eigenvalue weighted by Crippen LogP contribution is -1.91. The summed E-state index contributed by atoms with van der Waals surface area (Å²) in [5, 5.41) is 16.1. The Morgan fingerprint density at radius 3 is 1.80 bits per heavy atom. The molecule has 0 fully saturated rings. The van der Waals surface area contributed by atoms with Crippen LogP contribution in [0.25, 0.3) is 0 Å². The third-order valence-corrected chi connectivity index (χ3v) is 2.55. The number of hydrogen-bond acceptors (Lipinski definition) is 2. The summed E-state index contributed by atoms with van der Waals surface area (Å²) in [6, 6.07) is 0. The fourth-order valence-corrected chi connectivity index (χ4v) is 1.34. The van der Waals surface area contributed by atoms with E-state index in [-0.39, 0.29) is 6.61 Å². The summed E-state index contributed by atoms with van der Waals surface area (Å²) in [6.07, 6.45) is 8.92. The molecule has 1 atom stereocenters. The van der Waals surface area contributed by atoms with Crippen LogP contribution in [0.4, 0.5) is 0 Å². The van der Waals surface area contributed by atoms with Gasteiger partial charge in [0.2, 0.25) is 0 Å². The number of unbranched alkanes of at least 4 members (excludes halogenated alkanes) is 4. The molecule has 2 heteroatoms. The second-order valence-electron chi connectivity index (χ2n) is 4.11. The summed E-state index contributed by atoms with van der Waals surface area (Å²) in [7, 11) is 0. The van der Waals surface area contributed by atoms with Crippen LogP contribution in [-0.2, 0) is 0 Å². The van der Waals surface area contributed by atoms with Crippen molar-refractivity contribution in [2.45, 2.75) is 65.7 Å². The van der Waals surface area contributed by atoms with Crippen molar-refractivity contribution < 1.29 is 10.2 Å². The highest BCUT2D eigenvalue weighted by atomic mass is 16.3. The van der Waals surface area contributed by atoms with E-state index in [0.717, 1.165) is 12.3 Å². The van der Waals surface area contributed by atoms with Gasteiger partial charge in [0.25, 0.3) is 0 Å². The second-order valence-corrected chi connectivity index (χ2v) is 4.11. The molecule has 94 valence electrons. The Hall–Kier alpha value is -0.0800. The van der Waals surface area contributed by atoms with Gasteiger partial charge < -0.3 is 10.2 Å². The fourth-order valence-electron chi connectivity index (χ4n) is 1.34. The molecular formula is C13H30O2. The zero-order chi connectivity index (χ0) is 11.9. The van der Waals surface area contributed by atoms with Crippen molar-refractivity contribution in [1.82, 2.24) is 0 Å². The van der Waals surface area contributed by atoms with E-state index in [1.165, 1.54) is 38.5 Å². The Kier molecular flexibility index (Phi) is 18.9. The van der Waals surface area contributed by atoms with Crippen LogP contribution in [0.3, 0.4) is 0 Å². The largest absolute Gasteiger partial charge is 0.397 e. The highest BCUT2D eigenvalue weighted by Gasteiger charge is 1.97. The van der Waals surface area contributed by atoms with E-state index in [1.54, 1.807) is 6.92 Å². The maximum atomic E-state index is 8.55. The van der Waals surface area contributed by atoms with Gasteiger partial charge in [0, 0.05) is 13.2 Å². The topological polar surface area (TPSA) is 40.5 Å². The number of rotatable bonds is 8. The lowest BCUT2D eigenvalue weighted by atomic mass is 10.0. The zero-order valence-electron chi connectivity index (χ0n) is 10.8. The maximum Gasteiger partial charge on any atom is 0.0431 e. The van der Waals surface area contributed by atoms with E-state index >= 15 is 0 Å². The summed E-state index contributed by atoms with van der Waals surface area (Å²) in [5.74, 6) is 0.905. The summed E-state index contributed by atoms with van der Waals surface area (Å²) < 4.78 is 0. The number of aliphatic hydroxyl groups is 2. The molecule has 0 rings (SSSR count). The van der Waals surface area contributed by atoms with Crippen molar-refractivity contribution in [1.29, 1.82) is 0 Å². The molecule has 0 aromatic rings. The van der Waals surface area contributed by atoms with E-state index in [1.807, 2.05) is 0 Å². The fraction of sp³-hybridized carbons (Fsp3) is 1.00. The molecule has 0 bridgehead atoms. The van der Waals surface area contributed by atoms with Crippen LogP contribution in [0.15, 0.2) is 0 Å². The van der Waals surface area contributed by atoms with E-state index in [0.29, 0.717) is 6.61 Å². The molecule has 1 unspecified atom stereocenters. The van der Waals surface area contributed by atoms with E-state index in [4.69, 9.17) is 10.2 Å². The van der Waals surface area contributed by atoms with Crippen LogP contribution in [0.2, 0.25) is 0 Å². The molecular weight excluding hydrogens is 188 g/mol. The SMILES string of the molecule is CCC(C)CCCCCCCO.CCO. The Balaban J connectivity index is 0. The van der Waals surface area contributed by atoms with Crippen molar-refractivity contribution in [3.8, 4) is 0 Å². The summed E-state index contributed by atoms with van der Waals surface area (Å²) in [4.78, 5) is 0. The molecule has 0 spiro atoms. The van der Waals surface area contributed by atoms with E-state index in [2.05, 4.69) is 13.8 Å². The lowest BCUT2D eigenvalue weighted by molar-refractivity contribution is 0.282. The Morgan fingerprint density at radius 2 is 1.33 bits per heavy atom. The molecule has 0 aliphatic heterocycles. The Labute approximate surface area is 95.7 Å². The predicted molar refractivity (Wildman–Crippen MR) is 67.0 cm³/mol. The van der Waals surface area contributed by atoms with Crippen molar-refractivity contribution in [2.24, 2.45) is 5.92 Å². The molecule has 0 amide bonds. The minimum atomic E-state index is 0.250. The van der Waals surface area contributed by atoms with Crippen molar-refractivity contribution in [3.05, 3.63) is 0 Å².